The number of benzene rings is 1. The Morgan fingerprint density at radius 2 is 1.88 bits per heavy atom. The minimum atomic E-state index is -5.63. The van der Waals surface area contributed by atoms with Crippen molar-refractivity contribution < 1.29 is 85.1 Å². The summed E-state index contributed by atoms with van der Waals surface area (Å²) in [6.07, 6.45) is 1.44. The van der Waals surface area contributed by atoms with Gasteiger partial charge in [-0.2, -0.15) is 21.4 Å². The van der Waals surface area contributed by atoms with E-state index >= 15 is 0 Å². The Hall–Kier alpha value is 1.50. The van der Waals surface area contributed by atoms with E-state index in [9.17, 15) is 13.3 Å². The van der Waals surface area contributed by atoms with Crippen molar-refractivity contribution in [1.29, 1.82) is 0 Å². The maximum absolute atomic E-state index is 13.8. The summed E-state index contributed by atoms with van der Waals surface area (Å²) in [5, 5.41) is -0.0617. The van der Waals surface area contributed by atoms with Crippen LogP contribution in [0.4, 0.5) is 8.78 Å². The molecule has 12 heteroatoms. The van der Waals surface area contributed by atoms with E-state index in [1.807, 2.05) is 0 Å². The Bertz CT molecular complexity index is 793. The van der Waals surface area contributed by atoms with Crippen LogP contribution in [-0.4, -0.2) is 14.8 Å². The van der Waals surface area contributed by atoms with Crippen molar-refractivity contribution in [3.05, 3.63) is 62.8 Å². The van der Waals surface area contributed by atoms with Crippen molar-refractivity contribution in [3.63, 3.8) is 0 Å². The molecule has 4 nitrogen and oxygen atoms in total. The van der Waals surface area contributed by atoms with Gasteiger partial charge in [0.2, 0.25) is 0 Å². The van der Waals surface area contributed by atoms with Crippen molar-refractivity contribution in [3.8, 4) is 0 Å². The monoisotopic (exact) mass is 491 g/mol. The first-order chi connectivity index (χ1) is 10.5. The molecule has 128 valence electrons. The molecule has 1 atom stereocenters. The summed E-state index contributed by atoms with van der Waals surface area (Å²) in [5.41, 5.74) is -3.99. The van der Waals surface area contributed by atoms with Gasteiger partial charge < -0.3 is 12.6 Å². The van der Waals surface area contributed by atoms with E-state index < -0.39 is 24.1 Å². The van der Waals surface area contributed by atoms with Crippen molar-refractivity contribution >= 4 is 47.8 Å². The van der Waals surface area contributed by atoms with E-state index in [1.54, 1.807) is 12.1 Å². The van der Waals surface area contributed by atoms with Gasteiger partial charge in [0, 0.05) is 16.2 Å². The first-order valence-electron chi connectivity index (χ1n) is 6.07. The Balaban J connectivity index is -0.00000144. The summed E-state index contributed by atoms with van der Waals surface area (Å²) in [6.45, 7) is 0. The topological polar surface area (TPSA) is 70.4 Å². The summed E-state index contributed by atoms with van der Waals surface area (Å²) in [7, 11) is -5.63. The maximum atomic E-state index is 13.8. The number of rotatable bonds is 4. The third-order valence-electron chi connectivity index (χ3n) is 3.03. The van der Waals surface area contributed by atoms with E-state index in [4.69, 9.17) is 21.4 Å². The third kappa shape index (κ3) is 6.24. The quantitative estimate of drug-likeness (QED) is 0.290. The molecule has 0 saturated heterocycles. The van der Waals surface area contributed by atoms with E-state index in [1.165, 1.54) is 18.3 Å². The number of aromatic nitrogens is 1. The zero-order chi connectivity index (χ0) is 17.4. The van der Waals surface area contributed by atoms with Crippen LogP contribution in [0.2, 0.25) is 5.02 Å². The van der Waals surface area contributed by atoms with E-state index in [0.717, 1.165) is 6.07 Å². The summed E-state index contributed by atoms with van der Waals surface area (Å²) in [4.78, 5) is 21.7. The van der Waals surface area contributed by atoms with E-state index in [2.05, 4.69) is 33.5 Å². The predicted octanol–water partition coefficient (Wildman–Crippen LogP) is -1.02. The third-order valence-corrected chi connectivity index (χ3v) is 5.44. The number of pyridine rings is 1. The molecule has 2 aromatic rings. The molecule has 1 aromatic heterocycles. The van der Waals surface area contributed by atoms with E-state index in [-0.39, 0.29) is 66.4 Å². The van der Waals surface area contributed by atoms with Crippen LogP contribution >= 0.6 is 47.8 Å². The zero-order valence-corrected chi connectivity index (χ0v) is 21.3. The van der Waals surface area contributed by atoms with E-state index in [0.29, 0.717) is 16.3 Å². The molecular weight excluding hydrogens is 481 g/mol. The Kier molecular flexibility index (Phi) is 10.9. The van der Waals surface area contributed by atoms with Gasteiger partial charge in [-0.15, -0.1) is 0 Å². The van der Waals surface area contributed by atoms with Gasteiger partial charge in [-0.25, -0.2) is 0 Å². The van der Waals surface area contributed by atoms with Gasteiger partial charge >= 0.3 is 72.4 Å². The minimum Gasteiger partial charge on any atom is -1.00 e. The average molecular weight is 493 g/mol. The van der Waals surface area contributed by atoms with Crippen molar-refractivity contribution in [2.45, 2.75) is 10.9 Å². The molecule has 0 aliphatic heterocycles. The number of nitrogens with zero attached hydrogens (tertiary/aromatic N) is 1. The molecule has 0 bridgehead atoms. The maximum Gasteiger partial charge on any atom is 1.00 e. The summed E-state index contributed by atoms with van der Waals surface area (Å²) in [5.74, 6) is 0. The molecule has 0 radical (unpaired) electrons. The smallest absolute Gasteiger partial charge is 1.00 e. The fourth-order valence-electron chi connectivity index (χ4n) is 1.82. The second-order valence-corrected chi connectivity index (χ2v) is 8.09. The van der Waals surface area contributed by atoms with Gasteiger partial charge in [-0.3, -0.25) is 9.55 Å². The van der Waals surface area contributed by atoms with Crippen LogP contribution in [0.3, 0.4) is 0 Å². The van der Waals surface area contributed by atoms with Gasteiger partial charge in [-0.1, -0.05) is 39.7 Å². The first-order valence-corrected chi connectivity index (χ1v) is 9.37. The molecule has 0 aliphatic rings. The predicted molar refractivity (Wildman–Crippen MR) is 92.4 cm³/mol. The number of hydrogen-bond donors (Lipinski definition) is 3. The molecule has 1 aromatic carbocycles. The number of thiol groups is 1. The van der Waals surface area contributed by atoms with Gasteiger partial charge in [-0.05, 0) is 23.8 Å². The summed E-state index contributed by atoms with van der Waals surface area (Å²) >= 11 is 13.1. The second kappa shape index (κ2) is 10.3. The van der Waals surface area contributed by atoms with Crippen LogP contribution in [0.1, 0.15) is 24.9 Å². The average Bonchev–Trinajstić information content (AvgIpc) is 2.45. The van der Waals surface area contributed by atoms with Gasteiger partial charge in [0.1, 0.15) is 0 Å². The van der Waals surface area contributed by atoms with Gasteiger partial charge in [0.25, 0.3) is 0 Å². The van der Waals surface area contributed by atoms with Crippen molar-refractivity contribution in [1.82, 2.24) is 4.98 Å². The first kappa shape index (κ1) is 26.5. The molecule has 0 aliphatic carbocycles. The van der Waals surface area contributed by atoms with Crippen LogP contribution in [0.25, 0.3) is 0 Å². The van der Waals surface area contributed by atoms with Crippen LogP contribution in [0, 0.1) is 0 Å². The Morgan fingerprint density at radius 3 is 2.32 bits per heavy atom. The zero-order valence-electron chi connectivity index (χ0n) is 15.2. The molecule has 0 saturated carbocycles. The molecule has 0 spiro atoms. The van der Waals surface area contributed by atoms with Gasteiger partial charge in [0.15, 0.2) is 0 Å². The summed E-state index contributed by atoms with van der Waals surface area (Å²) in [6, 6.07) is 6.87. The SMILES string of the molecule is O=P(O)(O)C(F)(F)c1ccc(C(S)c2ccc(Cl)cn2)cc1Br.[H-].[H-].[Na+].[Na+]. The molecule has 2 N–H and O–H groups in total. The second-order valence-electron chi connectivity index (χ2n) is 4.63. The van der Waals surface area contributed by atoms with Crippen LogP contribution in [0.15, 0.2) is 41.0 Å². The fourth-order valence-corrected chi connectivity index (χ4v) is 3.55. The Morgan fingerprint density at radius 1 is 1.28 bits per heavy atom. The molecular formula is C13H12BrClF2NNa2O3PS. The van der Waals surface area contributed by atoms with Crippen molar-refractivity contribution in [2.24, 2.45) is 0 Å². The molecule has 0 amide bonds. The van der Waals surface area contributed by atoms with Crippen LogP contribution in [0.5, 0.6) is 0 Å². The van der Waals surface area contributed by atoms with Gasteiger partial charge in [0.05, 0.1) is 16.0 Å². The molecule has 1 heterocycles. The van der Waals surface area contributed by atoms with Crippen LogP contribution in [-0.2, 0) is 10.2 Å². The number of halogens is 4. The summed E-state index contributed by atoms with van der Waals surface area (Å²) < 4.78 is 38.4. The molecule has 0 fully saturated rings. The largest absolute Gasteiger partial charge is 1.00 e. The normalized spacial score (nSPS) is 12.8. The number of alkyl halides is 2. The minimum absolute atomic E-state index is 0. The van der Waals surface area contributed by atoms with Crippen LogP contribution < -0.4 is 59.1 Å². The molecule has 25 heavy (non-hydrogen) atoms. The Labute approximate surface area is 209 Å². The molecule has 1 unspecified atom stereocenters. The fraction of sp³-hybridized carbons (Fsp3) is 0.154. The molecule has 2 rings (SSSR count). The number of hydrogen-bond acceptors (Lipinski definition) is 3. The standard InChI is InChI=1S/C13H10BrClF2NO3PS.2Na.2H/c14-10-5-7(12(23)11-4-2-8(15)6-18-11)1-3-9(10)13(16,17)22(19,20)21;;;;/h1-6,12,23H,(H2,19,20,21);;;;/q;2*+1;2*-1. The van der Waals surface area contributed by atoms with Crippen molar-refractivity contribution in [2.75, 3.05) is 0 Å².